The molecule has 0 aromatic heterocycles. The normalized spacial score (nSPS) is 14.9. The standard InChI is InChI=1S/C9H9ClN2/c10-8-1-3-9(4-2-8)12-6-5-11-7-12/h1-6,11H,7H2. The smallest absolute Gasteiger partial charge is 0.0916 e. The zero-order valence-corrected chi connectivity index (χ0v) is 7.25. The molecule has 0 saturated heterocycles. The lowest BCUT2D eigenvalue weighted by molar-refractivity contribution is 0.901. The van der Waals surface area contributed by atoms with Crippen molar-refractivity contribution in [2.75, 3.05) is 11.6 Å². The molecule has 1 aromatic rings. The van der Waals surface area contributed by atoms with Gasteiger partial charge in [0.25, 0.3) is 0 Å². The molecule has 0 saturated carbocycles. The Morgan fingerprint density at radius 1 is 1.25 bits per heavy atom. The van der Waals surface area contributed by atoms with Gasteiger partial charge in [-0.2, -0.15) is 0 Å². The van der Waals surface area contributed by atoms with Gasteiger partial charge in [-0.05, 0) is 24.3 Å². The predicted octanol–water partition coefficient (Wildman–Crippen LogP) is 2.18. The van der Waals surface area contributed by atoms with Crippen molar-refractivity contribution in [1.29, 1.82) is 0 Å². The van der Waals surface area contributed by atoms with Crippen molar-refractivity contribution >= 4 is 17.3 Å². The predicted molar refractivity (Wildman–Crippen MR) is 51.1 cm³/mol. The van der Waals surface area contributed by atoms with Crippen LogP contribution >= 0.6 is 11.6 Å². The van der Waals surface area contributed by atoms with Gasteiger partial charge in [0.2, 0.25) is 0 Å². The van der Waals surface area contributed by atoms with E-state index in [4.69, 9.17) is 11.6 Å². The average Bonchev–Trinajstić information content (AvgIpc) is 2.58. The van der Waals surface area contributed by atoms with Crippen LogP contribution in [-0.2, 0) is 0 Å². The Morgan fingerprint density at radius 2 is 2.00 bits per heavy atom. The molecule has 12 heavy (non-hydrogen) atoms. The molecule has 0 atom stereocenters. The number of rotatable bonds is 1. The SMILES string of the molecule is Clc1ccc(N2C=CNC2)cc1. The molecule has 2 nitrogen and oxygen atoms in total. The second-order valence-electron chi connectivity index (χ2n) is 2.62. The minimum absolute atomic E-state index is 0.773. The summed E-state index contributed by atoms with van der Waals surface area (Å²) >= 11 is 5.77. The maximum atomic E-state index is 5.77. The molecule has 62 valence electrons. The van der Waals surface area contributed by atoms with Crippen LogP contribution in [-0.4, -0.2) is 6.67 Å². The molecule has 3 heteroatoms. The molecule has 2 rings (SSSR count). The summed E-state index contributed by atoms with van der Waals surface area (Å²) < 4.78 is 0. The Hall–Kier alpha value is -1.15. The van der Waals surface area contributed by atoms with E-state index in [0.29, 0.717) is 0 Å². The van der Waals surface area contributed by atoms with Gasteiger partial charge in [0.05, 0.1) is 6.67 Å². The Labute approximate surface area is 76.4 Å². The summed E-state index contributed by atoms with van der Waals surface area (Å²) in [7, 11) is 0. The Morgan fingerprint density at radius 3 is 2.58 bits per heavy atom. The molecule has 1 N–H and O–H groups in total. The van der Waals surface area contributed by atoms with Gasteiger partial charge in [-0.1, -0.05) is 11.6 Å². The van der Waals surface area contributed by atoms with Gasteiger partial charge in [0, 0.05) is 23.1 Å². The number of nitrogens with one attached hydrogen (secondary N) is 1. The molecule has 1 aromatic carbocycles. The van der Waals surface area contributed by atoms with Crippen LogP contribution in [0.5, 0.6) is 0 Å². The third kappa shape index (κ3) is 1.38. The summed E-state index contributed by atoms with van der Waals surface area (Å²) in [6, 6.07) is 7.78. The lowest BCUT2D eigenvalue weighted by Gasteiger charge is -2.14. The van der Waals surface area contributed by atoms with Crippen molar-refractivity contribution < 1.29 is 0 Å². The van der Waals surface area contributed by atoms with Crippen LogP contribution in [0.3, 0.4) is 0 Å². The van der Waals surface area contributed by atoms with Gasteiger partial charge < -0.3 is 10.2 Å². The Kier molecular flexibility index (Phi) is 1.92. The lowest BCUT2D eigenvalue weighted by atomic mass is 10.3. The number of hydrogen-bond donors (Lipinski definition) is 1. The number of hydrogen-bond acceptors (Lipinski definition) is 2. The Balaban J connectivity index is 2.23. The van der Waals surface area contributed by atoms with E-state index in [1.165, 1.54) is 0 Å². The highest BCUT2D eigenvalue weighted by Crippen LogP contribution is 2.18. The third-order valence-corrected chi connectivity index (χ3v) is 2.04. The maximum Gasteiger partial charge on any atom is 0.0916 e. The van der Waals surface area contributed by atoms with E-state index >= 15 is 0 Å². The number of benzene rings is 1. The lowest BCUT2D eigenvalue weighted by Crippen LogP contribution is -2.19. The molecule has 0 spiro atoms. The van der Waals surface area contributed by atoms with Gasteiger partial charge in [0.1, 0.15) is 0 Å². The molecule has 0 radical (unpaired) electrons. The van der Waals surface area contributed by atoms with Gasteiger partial charge in [-0.25, -0.2) is 0 Å². The highest BCUT2D eigenvalue weighted by molar-refractivity contribution is 6.30. The van der Waals surface area contributed by atoms with Gasteiger partial charge in [-0.3, -0.25) is 0 Å². The summed E-state index contributed by atoms with van der Waals surface area (Å²) in [5.41, 5.74) is 1.15. The van der Waals surface area contributed by atoms with Crippen LogP contribution in [0.1, 0.15) is 0 Å². The third-order valence-electron chi connectivity index (χ3n) is 1.79. The quantitative estimate of drug-likeness (QED) is 0.713. The summed E-state index contributed by atoms with van der Waals surface area (Å²) in [6.07, 6.45) is 3.93. The first-order valence-corrected chi connectivity index (χ1v) is 4.16. The first-order valence-electron chi connectivity index (χ1n) is 3.78. The van der Waals surface area contributed by atoms with Crippen molar-refractivity contribution in [3.8, 4) is 0 Å². The van der Waals surface area contributed by atoms with Crippen molar-refractivity contribution in [2.45, 2.75) is 0 Å². The molecule has 0 unspecified atom stereocenters. The average molecular weight is 181 g/mol. The number of nitrogens with zero attached hydrogens (tertiary/aromatic N) is 1. The van der Waals surface area contributed by atoms with E-state index in [9.17, 15) is 0 Å². The van der Waals surface area contributed by atoms with Gasteiger partial charge in [-0.15, -0.1) is 0 Å². The molecule has 1 heterocycles. The zero-order valence-electron chi connectivity index (χ0n) is 6.50. The minimum atomic E-state index is 0.773. The first-order chi connectivity index (χ1) is 5.86. The van der Waals surface area contributed by atoms with Crippen LogP contribution in [0.4, 0.5) is 5.69 Å². The summed E-state index contributed by atoms with van der Waals surface area (Å²) in [5.74, 6) is 0. The minimum Gasteiger partial charge on any atom is -0.372 e. The van der Waals surface area contributed by atoms with Crippen LogP contribution in [0.2, 0.25) is 5.02 Å². The van der Waals surface area contributed by atoms with Crippen LogP contribution in [0.15, 0.2) is 36.7 Å². The molecular weight excluding hydrogens is 172 g/mol. The van der Waals surface area contributed by atoms with Crippen LogP contribution < -0.4 is 10.2 Å². The van der Waals surface area contributed by atoms with E-state index in [1.807, 2.05) is 36.7 Å². The van der Waals surface area contributed by atoms with Crippen LogP contribution in [0.25, 0.3) is 0 Å². The first kappa shape index (κ1) is 7.50. The van der Waals surface area contributed by atoms with E-state index in [-0.39, 0.29) is 0 Å². The molecule has 0 amide bonds. The summed E-state index contributed by atoms with van der Waals surface area (Å²) in [4.78, 5) is 2.11. The largest absolute Gasteiger partial charge is 0.372 e. The Bertz CT molecular complexity index is 292. The second-order valence-corrected chi connectivity index (χ2v) is 3.06. The highest BCUT2D eigenvalue weighted by Gasteiger charge is 2.04. The van der Waals surface area contributed by atoms with E-state index in [1.54, 1.807) is 0 Å². The molecule has 0 fully saturated rings. The zero-order chi connectivity index (χ0) is 8.39. The summed E-state index contributed by atoms with van der Waals surface area (Å²) in [6.45, 7) is 0.835. The monoisotopic (exact) mass is 180 g/mol. The van der Waals surface area contributed by atoms with Crippen LogP contribution in [0, 0.1) is 0 Å². The maximum absolute atomic E-state index is 5.77. The fraction of sp³-hybridized carbons (Fsp3) is 0.111. The fourth-order valence-electron chi connectivity index (χ4n) is 1.16. The van der Waals surface area contributed by atoms with E-state index < -0.39 is 0 Å². The number of anilines is 1. The molecule has 0 aliphatic carbocycles. The van der Waals surface area contributed by atoms with Crippen molar-refractivity contribution in [1.82, 2.24) is 5.32 Å². The number of halogens is 1. The van der Waals surface area contributed by atoms with Gasteiger partial charge >= 0.3 is 0 Å². The van der Waals surface area contributed by atoms with E-state index in [0.717, 1.165) is 17.4 Å². The highest BCUT2D eigenvalue weighted by atomic mass is 35.5. The molecule has 1 aliphatic rings. The second kappa shape index (κ2) is 3.07. The van der Waals surface area contributed by atoms with Gasteiger partial charge in [0.15, 0.2) is 0 Å². The van der Waals surface area contributed by atoms with E-state index in [2.05, 4.69) is 10.2 Å². The fourth-order valence-corrected chi connectivity index (χ4v) is 1.28. The van der Waals surface area contributed by atoms with Crippen molar-refractivity contribution in [3.05, 3.63) is 41.7 Å². The molecular formula is C9H9ClN2. The van der Waals surface area contributed by atoms with Crippen molar-refractivity contribution in [2.24, 2.45) is 0 Å². The topological polar surface area (TPSA) is 15.3 Å². The summed E-state index contributed by atoms with van der Waals surface area (Å²) in [5, 5.41) is 3.87. The van der Waals surface area contributed by atoms with Crippen molar-refractivity contribution in [3.63, 3.8) is 0 Å². The molecule has 0 bridgehead atoms. The molecule has 1 aliphatic heterocycles.